The third-order valence-electron chi connectivity index (χ3n) is 2.55. The highest BCUT2D eigenvalue weighted by Gasteiger charge is 2.19. The summed E-state index contributed by atoms with van der Waals surface area (Å²) in [4.78, 5) is 3.67. The number of anilines is 2. The Morgan fingerprint density at radius 2 is 2.15 bits per heavy atom. The lowest BCUT2D eigenvalue weighted by atomic mass is 10.4. The Kier molecular flexibility index (Phi) is 3.87. The first-order chi connectivity index (χ1) is 9.31. The van der Waals surface area contributed by atoms with Crippen LogP contribution >= 0.6 is 11.6 Å². The van der Waals surface area contributed by atoms with Crippen LogP contribution in [0.5, 0.6) is 0 Å². The minimum absolute atomic E-state index is 0.0239. The van der Waals surface area contributed by atoms with Gasteiger partial charge >= 0.3 is 0 Å². The van der Waals surface area contributed by atoms with Gasteiger partial charge in [-0.05, 0) is 19.9 Å². The number of rotatable bonds is 4. The molecule has 2 aromatic heterocycles. The lowest BCUT2D eigenvalue weighted by molar-refractivity contribution is 0.539. The molecule has 0 radical (unpaired) electrons. The molecule has 0 amide bonds. The molecule has 0 fully saturated rings. The molecule has 2 heterocycles. The van der Waals surface area contributed by atoms with Gasteiger partial charge in [-0.15, -0.1) is 0 Å². The van der Waals surface area contributed by atoms with Crippen molar-refractivity contribution in [3.63, 3.8) is 0 Å². The summed E-state index contributed by atoms with van der Waals surface area (Å²) in [5.41, 5.74) is 5.46. The van der Waals surface area contributed by atoms with Gasteiger partial charge in [-0.25, -0.2) is 18.1 Å². The quantitative estimate of drug-likeness (QED) is 0.897. The summed E-state index contributed by atoms with van der Waals surface area (Å²) < 4.78 is 28.5. The first kappa shape index (κ1) is 14.6. The molecule has 0 aliphatic rings. The molecule has 0 saturated carbocycles. The van der Waals surface area contributed by atoms with Crippen LogP contribution < -0.4 is 10.5 Å². The van der Waals surface area contributed by atoms with Crippen molar-refractivity contribution in [3.8, 4) is 0 Å². The molecule has 0 atom stereocenters. The van der Waals surface area contributed by atoms with Gasteiger partial charge in [0.1, 0.15) is 16.5 Å². The van der Waals surface area contributed by atoms with E-state index < -0.39 is 10.0 Å². The van der Waals surface area contributed by atoms with Crippen LogP contribution in [-0.2, 0) is 10.0 Å². The van der Waals surface area contributed by atoms with Crippen LogP contribution in [0.3, 0.4) is 0 Å². The third kappa shape index (κ3) is 2.86. The predicted molar refractivity (Wildman–Crippen MR) is 77.1 cm³/mol. The summed E-state index contributed by atoms with van der Waals surface area (Å²) in [6.45, 7) is 3.79. The predicted octanol–water partition coefficient (Wildman–Crippen LogP) is 1.90. The number of nitrogen functional groups attached to an aromatic ring is 1. The second kappa shape index (κ2) is 5.29. The monoisotopic (exact) mass is 315 g/mol. The topological polar surface area (TPSA) is 103 Å². The molecule has 0 spiro atoms. The fourth-order valence-corrected chi connectivity index (χ4v) is 2.83. The Balaban J connectivity index is 2.36. The van der Waals surface area contributed by atoms with Crippen LogP contribution in [0.4, 0.5) is 11.6 Å². The van der Waals surface area contributed by atoms with E-state index in [0.717, 1.165) is 6.20 Å². The van der Waals surface area contributed by atoms with Gasteiger partial charge in [0.25, 0.3) is 10.0 Å². The highest BCUT2D eigenvalue weighted by Crippen LogP contribution is 2.22. The SMILES string of the molecule is CC(C)n1nccc1NS(=O)(=O)c1cnc(N)c(Cl)c1. The van der Waals surface area contributed by atoms with Gasteiger partial charge in [0.2, 0.25) is 0 Å². The van der Waals surface area contributed by atoms with Crippen molar-refractivity contribution in [3.05, 3.63) is 29.5 Å². The highest BCUT2D eigenvalue weighted by molar-refractivity contribution is 7.92. The van der Waals surface area contributed by atoms with E-state index >= 15 is 0 Å². The van der Waals surface area contributed by atoms with E-state index in [1.807, 2.05) is 13.8 Å². The van der Waals surface area contributed by atoms with Crippen molar-refractivity contribution < 1.29 is 8.42 Å². The molecular formula is C11H14ClN5O2S. The molecule has 2 rings (SSSR count). The Labute approximate surface area is 121 Å². The van der Waals surface area contributed by atoms with Crippen molar-refractivity contribution in [2.24, 2.45) is 0 Å². The smallest absolute Gasteiger partial charge is 0.264 e. The van der Waals surface area contributed by atoms with Crippen LogP contribution in [-0.4, -0.2) is 23.2 Å². The lowest BCUT2D eigenvalue weighted by Crippen LogP contribution is -2.17. The zero-order chi connectivity index (χ0) is 14.9. The van der Waals surface area contributed by atoms with Gasteiger partial charge in [0.05, 0.1) is 11.2 Å². The van der Waals surface area contributed by atoms with Crippen LogP contribution in [0, 0.1) is 0 Å². The maximum absolute atomic E-state index is 12.2. The summed E-state index contributed by atoms with van der Waals surface area (Å²) in [7, 11) is -3.79. The van der Waals surface area contributed by atoms with Gasteiger partial charge in [0, 0.05) is 18.3 Å². The maximum atomic E-state index is 12.2. The van der Waals surface area contributed by atoms with Crippen LogP contribution in [0.25, 0.3) is 0 Å². The van der Waals surface area contributed by atoms with E-state index in [2.05, 4.69) is 14.8 Å². The lowest BCUT2D eigenvalue weighted by Gasteiger charge is -2.13. The van der Waals surface area contributed by atoms with E-state index in [4.69, 9.17) is 17.3 Å². The van der Waals surface area contributed by atoms with E-state index in [0.29, 0.717) is 5.82 Å². The van der Waals surface area contributed by atoms with Gasteiger partial charge in [-0.2, -0.15) is 5.10 Å². The fraction of sp³-hybridized carbons (Fsp3) is 0.273. The number of nitrogens with zero attached hydrogens (tertiary/aromatic N) is 3. The van der Waals surface area contributed by atoms with Gasteiger partial charge < -0.3 is 5.73 Å². The summed E-state index contributed by atoms with van der Waals surface area (Å²) >= 11 is 5.79. The summed E-state index contributed by atoms with van der Waals surface area (Å²) in [5, 5.41) is 4.14. The zero-order valence-corrected chi connectivity index (χ0v) is 12.5. The number of aromatic nitrogens is 3. The molecule has 0 aromatic carbocycles. The number of nitrogens with one attached hydrogen (secondary N) is 1. The molecule has 3 N–H and O–H groups in total. The van der Waals surface area contributed by atoms with Crippen molar-refractivity contribution in [2.45, 2.75) is 24.8 Å². The molecule has 0 unspecified atom stereocenters. The minimum atomic E-state index is -3.79. The Bertz CT molecular complexity index is 726. The second-order valence-electron chi connectivity index (χ2n) is 4.40. The van der Waals surface area contributed by atoms with Crippen LogP contribution in [0.1, 0.15) is 19.9 Å². The number of nitrogens with two attached hydrogens (primary N) is 1. The first-order valence-electron chi connectivity index (χ1n) is 5.78. The summed E-state index contributed by atoms with van der Waals surface area (Å²) in [6, 6.07) is 2.85. The zero-order valence-electron chi connectivity index (χ0n) is 10.9. The standard InChI is InChI=1S/C11H14ClN5O2S/c1-7(2)17-10(3-4-15-17)16-20(18,19)8-5-9(12)11(13)14-6-8/h3-7,16H,1-2H3,(H2,13,14). The van der Waals surface area contributed by atoms with Gasteiger partial charge in [-0.3, -0.25) is 4.72 Å². The molecule has 0 aliphatic carbocycles. The molecule has 0 saturated heterocycles. The number of pyridine rings is 1. The van der Waals surface area contributed by atoms with Crippen molar-refractivity contribution in [2.75, 3.05) is 10.5 Å². The summed E-state index contributed by atoms with van der Waals surface area (Å²) in [6.07, 6.45) is 2.67. The molecule has 7 nitrogen and oxygen atoms in total. The van der Waals surface area contributed by atoms with Gasteiger partial charge in [0.15, 0.2) is 0 Å². The molecule has 108 valence electrons. The van der Waals surface area contributed by atoms with Gasteiger partial charge in [-0.1, -0.05) is 11.6 Å². The Morgan fingerprint density at radius 3 is 2.75 bits per heavy atom. The average molecular weight is 316 g/mol. The number of hydrogen-bond donors (Lipinski definition) is 2. The number of halogens is 1. The first-order valence-corrected chi connectivity index (χ1v) is 7.64. The van der Waals surface area contributed by atoms with Crippen LogP contribution in [0.2, 0.25) is 5.02 Å². The van der Waals surface area contributed by atoms with Crippen molar-refractivity contribution in [1.29, 1.82) is 0 Å². The van der Waals surface area contributed by atoms with E-state index in [-0.39, 0.29) is 21.8 Å². The normalized spacial score (nSPS) is 11.8. The molecule has 0 bridgehead atoms. The fourth-order valence-electron chi connectivity index (χ4n) is 1.58. The second-order valence-corrected chi connectivity index (χ2v) is 6.49. The number of sulfonamides is 1. The van der Waals surface area contributed by atoms with Crippen molar-refractivity contribution >= 4 is 33.3 Å². The molecule has 0 aliphatic heterocycles. The molecule has 20 heavy (non-hydrogen) atoms. The van der Waals surface area contributed by atoms with E-state index in [9.17, 15) is 8.42 Å². The minimum Gasteiger partial charge on any atom is -0.382 e. The molecule has 2 aromatic rings. The number of hydrogen-bond acceptors (Lipinski definition) is 5. The van der Waals surface area contributed by atoms with E-state index in [1.165, 1.54) is 12.3 Å². The molecular weight excluding hydrogens is 302 g/mol. The Morgan fingerprint density at radius 1 is 1.45 bits per heavy atom. The van der Waals surface area contributed by atoms with Crippen LogP contribution in [0.15, 0.2) is 29.4 Å². The Hall–Kier alpha value is -1.80. The van der Waals surface area contributed by atoms with Crippen molar-refractivity contribution in [1.82, 2.24) is 14.8 Å². The highest BCUT2D eigenvalue weighted by atomic mass is 35.5. The summed E-state index contributed by atoms with van der Waals surface area (Å²) in [5.74, 6) is 0.450. The molecule has 9 heteroatoms. The van der Waals surface area contributed by atoms with E-state index in [1.54, 1.807) is 10.7 Å². The third-order valence-corrected chi connectivity index (χ3v) is 4.18. The largest absolute Gasteiger partial charge is 0.382 e. The average Bonchev–Trinajstić information content (AvgIpc) is 2.80. The maximum Gasteiger partial charge on any atom is 0.264 e.